The van der Waals surface area contributed by atoms with Gasteiger partial charge in [-0.2, -0.15) is 0 Å². The quantitative estimate of drug-likeness (QED) is 0.901. The Balaban J connectivity index is 1.78. The van der Waals surface area contributed by atoms with E-state index in [1.54, 1.807) is 6.33 Å². The first-order chi connectivity index (χ1) is 11.2. The molecular formula is C17H24N6. The highest BCUT2D eigenvalue weighted by molar-refractivity contribution is 5.78. The molecular weight excluding hydrogens is 288 g/mol. The monoisotopic (exact) mass is 312 g/mol. The fraction of sp³-hybridized carbons (Fsp3) is 0.412. The van der Waals surface area contributed by atoms with Gasteiger partial charge in [0, 0.05) is 31.9 Å². The molecule has 0 spiro atoms. The van der Waals surface area contributed by atoms with Gasteiger partial charge in [-0.05, 0) is 31.2 Å². The molecule has 0 saturated carbocycles. The number of aryl methyl sites for hydroxylation is 1. The SMILES string of the molecule is CCc1ccc(Nc2ncnc(N3CCN(C)CC3)c2N)cc1. The van der Waals surface area contributed by atoms with Crippen LogP contribution >= 0.6 is 0 Å². The van der Waals surface area contributed by atoms with Crippen molar-refractivity contribution in [3.8, 4) is 0 Å². The molecule has 0 atom stereocenters. The number of piperazine rings is 1. The standard InChI is InChI=1S/C17H24N6/c1-3-13-4-6-14(7-5-13)21-16-15(18)17(20-12-19-16)23-10-8-22(2)9-11-23/h4-7,12H,3,8-11,18H2,1-2H3,(H,19,20,21). The summed E-state index contributed by atoms with van der Waals surface area (Å²) < 4.78 is 0. The number of nitrogen functional groups attached to an aromatic ring is 1. The van der Waals surface area contributed by atoms with Crippen molar-refractivity contribution in [2.75, 3.05) is 49.2 Å². The molecule has 1 fully saturated rings. The highest BCUT2D eigenvalue weighted by atomic mass is 15.3. The second kappa shape index (κ2) is 6.83. The van der Waals surface area contributed by atoms with Gasteiger partial charge >= 0.3 is 0 Å². The maximum Gasteiger partial charge on any atom is 0.159 e. The molecule has 1 aromatic carbocycles. The molecule has 122 valence electrons. The lowest BCUT2D eigenvalue weighted by molar-refractivity contribution is 0.312. The number of nitrogens with one attached hydrogen (secondary N) is 1. The number of likely N-dealkylation sites (N-methyl/N-ethyl adjacent to an activating group) is 1. The summed E-state index contributed by atoms with van der Waals surface area (Å²) in [6.45, 7) is 6.05. The molecule has 1 saturated heterocycles. The summed E-state index contributed by atoms with van der Waals surface area (Å²) in [5.74, 6) is 1.49. The molecule has 1 aliphatic heterocycles. The van der Waals surface area contributed by atoms with E-state index in [0.29, 0.717) is 11.5 Å². The van der Waals surface area contributed by atoms with E-state index in [-0.39, 0.29) is 0 Å². The molecule has 3 N–H and O–H groups in total. The van der Waals surface area contributed by atoms with Gasteiger partial charge in [0.25, 0.3) is 0 Å². The zero-order valence-corrected chi connectivity index (χ0v) is 13.8. The number of rotatable bonds is 4. The zero-order chi connectivity index (χ0) is 16.2. The van der Waals surface area contributed by atoms with Crippen molar-refractivity contribution in [3.63, 3.8) is 0 Å². The van der Waals surface area contributed by atoms with Crippen molar-refractivity contribution in [2.24, 2.45) is 0 Å². The van der Waals surface area contributed by atoms with Crippen molar-refractivity contribution >= 4 is 23.0 Å². The second-order valence-corrected chi connectivity index (χ2v) is 5.93. The summed E-state index contributed by atoms with van der Waals surface area (Å²) >= 11 is 0. The van der Waals surface area contributed by atoms with Crippen LogP contribution in [0.1, 0.15) is 12.5 Å². The van der Waals surface area contributed by atoms with Gasteiger partial charge in [0.05, 0.1) is 0 Å². The number of nitrogens with two attached hydrogens (primary N) is 1. The molecule has 2 aromatic rings. The molecule has 3 rings (SSSR count). The lowest BCUT2D eigenvalue weighted by Crippen LogP contribution is -2.45. The highest BCUT2D eigenvalue weighted by Gasteiger charge is 2.19. The Bertz CT molecular complexity index is 647. The normalized spacial score (nSPS) is 15.7. The van der Waals surface area contributed by atoms with Crippen LogP contribution in [0, 0.1) is 0 Å². The molecule has 6 heteroatoms. The lowest BCUT2D eigenvalue weighted by Gasteiger charge is -2.33. The summed E-state index contributed by atoms with van der Waals surface area (Å²) in [5.41, 5.74) is 9.21. The Morgan fingerprint density at radius 2 is 1.78 bits per heavy atom. The minimum atomic E-state index is 0.608. The number of benzene rings is 1. The average molecular weight is 312 g/mol. The maximum atomic E-state index is 6.31. The highest BCUT2D eigenvalue weighted by Crippen LogP contribution is 2.29. The third-order valence-electron chi connectivity index (χ3n) is 4.29. The molecule has 1 aliphatic rings. The van der Waals surface area contributed by atoms with Crippen LogP contribution in [0.25, 0.3) is 0 Å². The predicted molar refractivity (Wildman–Crippen MR) is 95.3 cm³/mol. The van der Waals surface area contributed by atoms with Crippen LogP contribution in [-0.2, 0) is 6.42 Å². The van der Waals surface area contributed by atoms with Crippen molar-refractivity contribution < 1.29 is 0 Å². The molecule has 6 nitrogen and oxygen atoms in total. The molecule has 0 amide bonds. The minimum Gasteiger partial charge on any atom is -0.393 e. The Morgan fingerprint density at radius 1 is 1.09 bits per heavy atom. The first-order valence-electron chi connectivity index (χ1n) is 8.07. The van der Waals surface area contributed by atoms with Gasteiger partial charge in [0.15, 0.2) is 11.6 Å². The van der Waals surface area contributed by atoms with E-state index >= 15 is 0 Å². The summed E-state index contributed by atoms with van der Waals surface area (Å²) in [4.78, 5) is 13.2. The van der Waals surface area contributed by atoms with E-state index in [9.17, 15) is 0 Å². The molecule has 0 bridgehead atoms. The molecule has 23 heavy (non-hydrogen) atoms. The fourth-order valence-electron chi connectivity index (χ4n) is 2.72. The lowest BCUT2D eigenvalue weighted by atomic mass is 10.1. The van der Waals surface area contributed by atoms with Crippen molar-refractivity contribution in [1.82, 2.24) is 14.9 Å². The Labute approximate surface area is 137 Å². The van der Waals surface area contributed by atoms with Gasteiger partial charge in [-0.1, -0.05) is 19.1 Å². The summed E-state index contributed by atoms with van der Waals surface area (Å²) in [6, 6.07) is 8.33. The van der Waals surface area contributed by atoms with E-state index in [4.69, 9.17) is 5.73 Å². The largest absolute Gasteiger partial charge is 0.393 e. The van der Waals surface area contributed by atoms with Crippen molar-refractivity contribution in [2.45, 2.75) is 13.3 Å². The van der Waals surface area contributed by atoms with Crippen LogP contribution in [0.5, 0.6) is 0 Å². The van der Waals surface area contributed by atoms with Crippen molar-refractivity contribution in [1.29, 1.82) is 0 Å². The van der Waals surface area contributed by atoms with Crippen LogP contribution in [0.15, 0.2) is 30.6 Å². The fourth-order valence-corrected chi connectivity index (χ4v) is 2.72. The third kappa shape index (κ3) is 3.53. The maximum absolute atomic E-state index is 6.31. The van der Waals surface area contributed by atoms with Gasteiger partial charge < -0.3 is 20.9 Å². The predicted octanol–water partition coefficient (Wildman–Crippen LogP) is 2.12. The molecule has 1 aromatic heterocycles. The van der Waals surface area contributed by atoms with Crippen LogP contribution in [0.4, 0.5) is 23.0 Å². The number of aromatic nitrogens is 2. The number of hydrogen-bond donors (Lipinski definition) is 2. The molecule has 2 heterocycles. The van der Waals surface area contributed by atoms with E-state index in [1.807, 2.05) is 0 Å². The van der Waals surface area contributed by atoms with Crippen LogP contribution in [0.2, 0.25) is 0 Å². The van der Waals surface area contributed by atoms with E-state index < -0.39 is 0 Å². The second-order valence-electron chi connectivity index (χ2n) is 5.93. The Kier molecular flexibility index (Phi) is 4.62. The van der Waals surface area contributed by atoms with Crippen LogP contribution in [0.3, 0.4) is 0 Å². The summed E-state index contributed by atoms with van der Waals surface area (Å²) in [5, 5.41) is 3.30. The van der Waals surface area contributed by atoms with Crippen LogP contribution < -0.4 is 16.0 Å². The van der Waals surface area contributed by atoms with Gasteiger partial charge in [-0.15, -0.1) is 0 Å². The summed E-state index contributed by atoms with van der Waals surface area (Å²) in [6.07, 6.45) is 2.61. The number of hydrogen-bond acceptors (Lipinski definition) is 6. The number of anilines is 4. The topological polar surface area (TPSA) is 70.3 Å². The first-order valence-corrected chi connectivity index (χ1v) is 8.07. The van der Waals surface area contributed by atoms with Crippen LogP contribution in [-0.4, -0.2) is 48.1 Å². The molecule has 0 unspecified atom stereocenters. The zero-order valence-electron chi connectivity index (χ0n) is 13.8. The Hall–Kier alpha value is -2.34. The van der Waals surface area contributed by atoms with Crippen molar-refractivity contribution in [3.05, 3.63) is 36.2 Å². The first kappa shape index (κ1) is 15.6. The number of nitrogens with zero attached hydrogens (tertiary/aromatic N) is 4. The van der Waals surface area contributed by atoms with Gasteiger partial charge in [-0.25, -0.2) is 9.97 Å². The third-order valence-corrected chi connectivity index (χ3v) is 4.29. The minimum absolute atomic E-state index is 0.608. The van der Waals surface area contributed by atoms with E-state index in [0.717, 1.165) is 44.1 Å². The van der Waals surface area contributed by atoms with Gasteiger partial charge in [0.1, 0.15) is 12.0 Å². The summed E-state index contributed by atoms with van der Waals surface area (Å²) in [7, 11) is 2.13. The average Bonchev–Trinajstić information content (AvgIpc) is 2.58. The smallest absolute Gasteiger partial charge is 0.159 e. The Morgan fingerprint density at radius 3 is 2.43 bits per heavy atom. The molecule has 0 radical (unpaired) electrons. The van der Waals surface area contributed by atoms with E-state index in [1.165, 1.54) is 5.56 Å². The molecule has 0 aliphatic carbocycles. The van der Waals surface area contributed by atoms with E-state index in [2.05, 4.69) is 63.3 Å². The van der Waals surface area contributed by atoms with Gasteiger partial charge in [0.2, 0.25) is 0 Å². The van der Waals surface area contributed by atoms with Gasteiger partial charge in [-0.3, -0.25) is 0 Å².